The van der Waals surface area contributed by atoms with E-state index in [4.69, 9.17) is 4.74 Å². The number of fused-ring (bicyclic) bond motifs is 1. The first-order valence-electron chi connectivity index (χ1n) is 7.90. The quantitative estimate of drug-likeness (QED) is 0.479. The highest BCUT2D eigenvalue weighted by molar-refractivity contribution is 6.34. The van der Waals surface area contributed by atoms with Crippen molar-refractivity contribution >= 4 is 23.5 Å². The van der Waals surface area contributed by atoms with E-state index in [0.29, 0.717) is 29.0 Å². The van der Waals surface area contributed by atoms with Crippen molar-refractivity contribution in [2.75, 3.05) is 4.90 Å². The van der Waals surface area contributed by atoms with Crippen LogP contribution in [0, 0.1) is 0 Å². The van der Waals surface area contributed by atoms with Gasteiger partial charge in [0.25, 0.3) is 11.8 Å². The Bertz CT molecular complexity index is 778. The fourth-order valence-corrected chi connectivity index (χ4v) is 2.61. The first-order chi connectivity index (χ1) is 11.6. The van der Waals surface area contributed by atoms with Gasteiger partial charge in [-0.15, -0.1) is 0 Å². The Kier molecular flexibility index (Phi) is 4.42. The molecule has 0 aliphatic carbocycles. The lowest BCUT2D eigenvalue weighted by Gasteiger charge is -2.15. The predicted octanol–water partition coefficient (Wildman–Crippen LogP) is 3.58. The van der Waals surface area contributed by atoms with Gasteiger partial charge in [-0.1, -0.05) is 31.5 Å². The zero-order valence-corrected chi connectivity index (χ0v) is 13.3. The van der Waals surface area contributed by atoms with Crippen LogP contribution < -0.4 is 9.64 Å². The Balaban J connectivity index is 1.84. The van der Waals surface area contributed by atoms with Crippen molar-refractivity contribution in [1.82, 2.24) is 0 Å². The summed E-state index contributed by atoms with van der Waals surface area (Å²) in [7, 11) is 0. The molecule has 0 atom stereocenters. The second kappa shape index (κ2) is 6.66. The van der Waals surface area contributed by atoms with Crippen LogP contribution in [0.25, 0.3) is 0 Å². The first kappa shape index (κ1) is 15.9. The number of rotatable bonds is 5. The molecule has 0 saturated carbocycles. The lowest BCUT2D eigenvalue weighted by Crippen LogP contribution is -2.29. The summed E-state index contributed by atoms with van der Waals surface area (Å²) in [6.07, 6.45) is 2.01. The summed E-state index contributed by atoms with van der Waals surface area (Å²) < 4.78 is 5.28. The van der Waals surface area contributed by atoms with Crippen molar-refractivity contribution in [3.63, 3.8) is 0 Å². The highest BCUT2D eigenvalue weighted by atomic mass is 16.5. The van der Waals surface area contributed by atoms with E-state index in [-0.39, 0.29) is 17.8 Å². The van der Waals surface area contributed by atoms with Crippen LogP contribution in [0.1, 0.15) is 46.9 Å². The minimum Gasteiger partial charge on any atom is -0.426 e. The molecule has 0 spiro atoms. The second-order valence-electron chi connectivity index (χ2n) is 5.57. The van der Waals surface area contributed by atoms with Crippen molar-refractivity contribution in [3.8, 4) is 5.75 Å². The SMILES string of the molecule is CCCCC(=O)Oc1cccc(N2C(=O)c3ccccc3C2=O)c1. The van der Waals surface area contributed by atoms with Gasteiger partial charge in [0, 0.05) is 12.5 Å². The summed E-state index contributed by atoms with van der Waals surface area (Å²) in [4.78, 5) is 37.8. The van der Waals surface area contributed by atoms with Gasteiger partial charge >= 0.3 is 5.97 Å². The largest absolute Gasteiger partial charge is 0.426 e. The Hall–Kier alpha value is -2.95. The normalized spacial score (nSPS) is 13.1. The van der Waals surface area contributed by atoms with Crippen LogP contribution >= 0.6 is 0 Å². The van der Waals surface area contributed by atoms with E-state index in [1.165, 1.54) is 6.07 Å². The number of carbonyl (C=O) groups excluding carboxylic acids is 3. The number of benzene rings is 2. The van der Waals surface area contributed by atoms with Crippen LogP contribution in [0.4, 0.5) is 5.69 Å². The molecule has 5 nitrogen and oxygen atoms in total. The fourth-order valence-electron chi connectivity index (χ4n) is 2.61. The number of hydrogen-bond acceptors (Lipinski definition) is 4. The van der Waals surface area contributed by atoms with Crippen LogP contribution in [0.15, 0.2) is 48.5 Å². The van der Waals surface area contributed by atoms with Crippen molar-refractivity contribution in [3.05, 3.63) is 59.7 Å². The first-order valence-corrected chi connectivity index (χ1v) is 7.90. The molecule has 0 fully saturated rings. The molecule has 0 unspecified atom stereocenters. The number of carbonyl (C=O) groups is 3. The van der Waals surface area contributed by atoms with Gasteiger partial charge in [-0.25, -0.2) is 4.90 Å². The van der Waals surface area contributed by atoms with Crippen LogP contribution in [0.5, 0.6) is 5.75 Å². The standard InChI is InChI=1S/C19H17NO4/c1-2-3-11-17(21)24-14-8-6-7-13(12-14)20-18(22)15-9-4-5-10-16(15)19(20)23/h4-10,12H,2-3,11H2,1H3. The van der Waals surface area contributed by atoms with Gasteiger partial charge in [-0.05, 0) is 30.7 Å². The van der Waals surface area contributed by atoms with E-state index in [1.807, 2.05) is 6.92 Å². The average molecular weight is 323 g/mol. The molecule has 2 aromatic rings. The third-order valence-electron chi connectivity index (χ3n) is 3.84. The zero-order valence-electron chi connectivity index (χ0n) is 13.3. The molecule has 1 aliphatic rings. The molecule has 2 aromatic carbocycles. The highest BCUT2D eigenvalue weighted by Crippen LogP contribution is 2.30. The molecule has 0 radical (unpaired) electrons. The van der Waals surface area contributed by atoms with Crippen LogP contribution in [0.3, 0.4) is 0 Å². The maximum absolute atomic E-state index is 12.5. The van der Waals surface area contributed by atoms with Crippen LogP contribution in [0.2, 0.25) is 0 Å². The van der Waals surface area contributed by atoms with Gasteiger partial charge in [0.1, 0.15) is 5.75 Å². The molecule has 0 bridgehead atoms. The monoisotopic (exact) mass is 323 g/mol. The van der Waals surface area contributed by atoms with Gasteiger partial charge in [0.05, 0.1) is 16.8 Å². The number of unbranched alkanes of at least 4 members (excludes halogenated alkanes) is 1. The van der Waals surface area contributed by atoms with Crippen LogP contribution in [-0.2, 0) is 4.79 Å². The van der Waals surface area contributed by atoms with Gasteiger partial charge in [-0.3, -0.25) is 14.4 Å². The van der Waals surface area contributed by atoms with E-state index < -0.39 is 0 Å². The van der Waals surface area contributed by atoms with Gasteiger partial charge in [0.2, 0.25) is 0 Å². The lowest BCUT2D eigenvalue weighted by molar-refractivity contribution is -0.134. The lowest BCUT2D eigenvalue weighted by atomic mass is 10.1. The van der Waals surface area contributed by atoms with Crippen molar-refractivity contribution < 1.29 is 19.1 Å². The maximum atomic E-state index is 12.5. The topological polar surface area (TPSA) is 63.7 Å². The zero-order chi connectivity index (χ0) is 17.1. The number of nitrogens with zero attached hydrogens (tertiary/aromatic N) is 1. The van der Waals surface area contributed by atoms with E-state index in [9.17, 15) is 14.4 Å². The molecule has 24 heavy (non-hydrogen) atoms. The molecule has 0 N–H and O–H groups in total. The molecule has 0 saturated heterocycles. The number of ether oxygens (including phenoxy) is 1. The van der Waals surface area contributed by atoms with E-state index in [0.717, 1.165) is 17.7 Å². The summed E-state index contributed by atoms with van der Waals surface area (Å²) in [6.45, 7) is 2.00. The third kappa shape index (κ3) is 2.93. The minimum absolute atomic E-state index is 0.323. The van der Waals surface area contributed by atoms with E-state index in [1.54, 1.807) is 42.5 Å². The van der Waals surface area contributed by atoms with Crippen molar-refractivity contribution in [1.29, 1.82) is 0 Å². The number of anilines is 1. The Morgan fingerprint density at radius 3 is 2.29 bits per heavy atom. The summed E-state index contributed by atoms with van der Waals surface area (Å²) in [6, 6.07) is 13.2. The molecule has 2 amide bonds. The number of hydrogen-bond donors (Lipinski definition) is 0. The van der Waals surface area contributed by atoms with Gasteiger partial charge in [0.15, 0.2) is 0 Å². The number of amides is 2. The Morgan fingerprint density at radius 1 is 1.00 bits per heavy atom. The highest BCUT2D eigenvalue weighted by Gasteiger charge is 2.36. The predicted molar refractivity (Wildman–Crippen MR) is 89.2 cm³/mol. The number of imide groups is 1. The van der Waals surface area contributed by atoms with Gasteiger partial charge < -0.3 is 4.74 Å². The Labute approximate surface area is 139 Å². The molecule has 1 aliphatic heterocycles. The second-order valence-corrected chi connectivity index (χ2v) is 5.57. The molecule has 0 aromatic heterocycles. The average Bonchev–Trinajstić information content (AvgIpc) is 2.85. The van der Waals surface area contributed by atoms with Gasteiger partial charge in [-0.2, -0.15) is 0 Å². The minimum atomic E-state index is -0.370. The smallest absolute Gasteiger partial charge is 0.311 e. The summed E-state index contributed by atoms with van der Waals surface area (Å²) in [5.41, 5.74) is 1.16. The maximum Gasteiger partial charge on any atom is 0.311 e. The number of esters is 1. The summed E-state index contributed by atoms with van der Waals surface area (Å²) in [5, 5.41) is 0. The molecular weight excluding hydrogens is 306 g/mol. The molecule has 1 heterocycles. The molecular formula is C19H17NO4. The van der Waals surface area contributed by atoms with E-state index in [2.05, 4.69) is 0 Å². The molecule has 5 heteroatoms. The van der Waals surface area contributed by atoms with Crippen LogP contribution in [-0.4, -0.2) is 17.8 Å². The van der Waals surface area contributed by atoms with Crippen molar-refractivity contribution in [2.24, 2.45) is 0 Å². The Morgan fingerprint density at radius 2 is 1.67 bits per heavy atom. The molecule has 122 valence electrons. The summed E-state index contributed by atoms with van der Waals surface area (Å²) >= 11 is 0. The summed E-state index contributed by atoms with van der Waals surface area (Å²) in [5.74, 6) is -0.739. The molecule has 3 rings (SSSR count). The van der Waals surface area contributed by atoms with E-state index >= 15 is 0 Å². The van der Waals surface area contributed by atoms with Crippen molar-refractivity contribution in [2.45, 2.75) is 26.2 Å². The third-order valence-corrected chi connectivity index (χ3v) is 3.84. The fraction of sp³-hybridized carbons (Fsp3) is 0.211.